The van der Waals surface area contributed by atoms with Crippen molar-refractivity contribution >= 4 is 5.82 Å². The van der Waals surface area contributed by atoms with E-state index in [1.54, 1.807) is 0 Å². The van der Waals surface area contributed by atoms with Gasteiger partial charge in [-0.2, -0.15) is 0 Å². The van der Waals surface area contributed by atoms with E-state index in [1.165, 1.54) is 13.0 Å². The molecule has 0 aliphatic carbocycles. The van der Waals surface area contributed by atoms with Crippen molar-refractivity contribution in [2.75, 3.05) is 5.73 Å². The lowest BCUT2D eigenvalue weighted by molar-refractivity contribution is 0.149. The summed E-state index contributed by atoms with van der Waals surface area (Å²) in [6, 6.07) is 1.18. The van der Waals surface area contributed by atoms with Crippen molar-refractivity contribution in [2.24, 2.45) is 0 Å². The molecule has 3 N–H and O–H groups in total. The Balaban J connectivity index is 3.22. The van der Waals surface area contributed by atoms with Crippen LogP contribution in [0.2, 0.25) is 0 Å². The van der Waals surface area contributed by atoms with Crippen molar-refractivity contribution in [3.8, 4) is 0 Å². The molecule has 0 radical (unpaired) electrons. The molecule has 1 aromatic rings. The lowest BCUT2D eigenvalue weighted by atomic mass is 10.1. The first-order valence-electron chi connectivity index (χ1n) is 3.71. The summed E-state index contributed by atoms with van der Waals surface area (Å²) >= 11 is 0. The number of aliphatic hydroxyl groups excluding tert-OH is 1. The highest BCUT2D eigenvalue weighted by Crippen LogP contribution is 2.24. The molecule has 0 aliphatic rings. The van der Waals surface area contributed by atoms with Gasteiger partial charge in [0.05, 0.1) is 6.61 Å². The van der Waals surface area contributed by atoms with Crippen LogP contribution in [0.4, 0.5) is 14.6 Å². The predicted octanol–water partition coefficient (Wildman–Crippen LogP) is 1.40. The van der Waals surface area contributed by atoms with Gasteiger partial charge in [0, 0.05) is 16.8 Å². The van der Waals surface area contributed by atoms with Crippen LogP contribution in [0.15, 0.2) is 6.07 Å². The average Bonchev–Trinajstić information content (AvgIpc) is 2.03. The minimum atomic E-state index is -2.58. The minimum Gasteiger partial charge on any atom is -0.392 e. The number of anilines is 1. The number of hydrogen-bond donors (Lipinski definition) is 2. The van der Waals surface area contributed by atoms with Crippen molar-refractivity contribution in [1.29, 1.82) is 0 Å². The number of aryl methyl sites for hydroxylation is 1. The number of hydrogen-bond acceptors (Lipinski definition) is 3. The predicted molar refractivity (Wildman–Crippen MR) is 44.3 cm³/mol. The summed E-state index contributed by atoms with van der Waals surface area (Å²) in [4.78, 5) is 3.70. The molecule has 1 aromatic heterocycles. The van der Waals surface area contributed by atoms with Gasteiger partial charge in [0.1, 0.15) is 5.82 Å². The zero-order valence-electron chi connectivity index (χ0n) is 7.09. The number of aromatic nitrogens is 1. The topological polar surface area (TPSA) is 59.1 Å². The molecular formula is C8H10F2N2O. The molecule has 0 saturated carbocycles. The van der Waals surface area contributed by atoms with Gasteiger partial charge in [0.2, 0.25) is 0 Å². The molecule has 1 rings (SSSR count). The van der Waals surface area contributed by atoms with Gasteiger partial charge in [-0.25, -0.2) is 13.8 Å². The molecule has 0 fully saturated rings. The van der Waals surface area contributed by atoms with Crippen LogP contribution in [0.3, 0.4) is 0 Å². The third-order valence-electron chi connectivity index (χ3n) is 1.77. The number of pyridine rings is 1. The molecule has 0 aromatic carbocycles. The summed E-state index contributed by atoms with van der Waals surface area (Å²) < 4.78 is 24.6. The number of aliphatic hydroxyl groups is 1. The van der Waals surface area contributed by atoms with E-state index < -0.39 is 6.43 Å². The van der Waals surface area contributed by atoms with Gasteiger partial charge >= 0.3 is 0 Å². The molecule has 0 bridgehead atoms. The van der Waals surface area contributed by atoms with Crippen LogP contribution < -0.4 is 5.73 Å². The van der Waals surface area contributed by atoms with Crippen molar-refractivity contribution in [1.82, 2.24) is 4.98 Å². The highest BCUT2D eigenvalue weighted by atomic mass is 19.3. The van der Waals surface area contributed by atoms with Gasteiger partial charge in [-0.05, 0) is 13.0 Å². The molecule has 5 heteroatoms. The fourth-order valence-corrected chi connectivity index (χ4v) is 1.03. The first kappa shape index (κ1) is 9.85. The first-order valence-corrected chi connectivity index (χ1v) is 3.71. The molecule has 0 unspecified atom stereocenters. The van der Waals surface area contributed by atoms with E-state index >= 15 is 0 Å². The molecule has 0 spiro atoms. The van der Waals surface area contributed by atoms with Crippen LogP contribution in [0.25, 0.3) is 0 Å². The number of alkyl halides is 2. The maximum atomic E-state index is 12.3. The van der Waals surface area contributed by atoms with E-state index in [2.05, 4.69) is 4.98 Å². The number of nitrogens with zero attached hydrogens (tertiary/aromatic N) is 1. The summed E-state index contributed by atoms with van der Waals surface area (Å²) in [6.45, 7) is 1.08. The second-order valence-corrected chi connectivity index (χ2v) is 2.67. The Morgan fingerprint density at radius 1 is 1.62 bits per heavy atom. The smallest absolute Gasteiger partial charge is 0.265 e. The monoisotopic (exact) mass is 188 g/mol. The highest BCUT2D eigenvalue weighted by molar-refractivity contribution is 5.43. The van der Waals surface area contributed by atoms with E-state index in [9.17, 15) is 8.78 Å². The lowest BCUT2D eigenvalue weighted by Gasteiger charge is -2.08. The van der Waals surface area contributed by atoms with Crippen LogP contribution >= 0.6 is 0 Å². The van der Waals surface area contributed by atoms with Crippen LogP contribution in [0.1, 0.15) is 23.2 Å². The maximum Gasteiger partial charge on any atom is 0.265 e. The summed E-state index contributed by atoms with van der Waals surface area (Å²) in [7, 11) is 0. The molecule has 0 amide bonds. The quantitative estimate of drug-likeness (QED) is 0.737. The van der Waals surface area contributed by atoms with E-state index in [-0.39, 0.29) is 29.2 Å². The lowest BCUT2D eigenvalue weighted by Crippen LogP contribution is -2.03. The molecule has 13 heavy (non-hydrogen) atoms. The first-order chi connectivity index (χ1) is 6.06. The Labute approximate surface area is 74.2 Å². The average molecular weight is 188 g/mol. The van der Waals surface area contributed by atoms with Crippen molar-refractivity contribution in [2.45, 2.75) is 20.0 Å². The largest absolute Gasteiger partial charge is 0.392 e. The molecule has 0 atom stereocenters. The van der Waals surface area contributed by atoms with Crippen LogP contribution in [-0.2, 0) is 6.61 Å². The highest BCUT2D eigenvalue weighted by Gasteiger charge is 2.14. The number of rotatable bonds is 2. The Morgan fingerprint density at radius 2 is 2.23 bits per heavy atom. The Morgan fingerprint density at radius 3 is 2.69 bits per heavy atom. The third-order valence-corrected chi connectivity index (χ3v) is 1.77. The third kappa shape index (κ3) is 1.92. The van der Waals surface area contributed by atoms with Gasteiger partial charge in [0.15, 0.2) is 0 Å². The standard InChI is InChI=1S/C8H10F2N2O/c1-4-6(7(9)10)2-5(3-13)8(11)12-4/h2,7,13H,3H2,1H3,(H2,11,12). The molecular weight excluding hydrogens is 178 g/mol. The fraction of sp³-hybridized carbons (Fsp3) is 0.375. The summed E-state index contributed by atoms with van der Waals surface area (Å²) in [5.74, 6) is 0.101. The number of halogens is 2. The second kappa shape index (κ2) is 3.66. The van der Waals surface area contributed by atoms with E-state index in [0.29, 0.717) is 0 Å². The van der Waals surface area contributed by atoms with Crippen LogP contribution in [0, 0.1) is 6.92 Å². The van der Waals surface area contributed by atoms with E-state index in [4.69, 9.17) is 10.8 Å². The fourth-order valence-electron chi connectivity index (χ4n) is 1.03. The van der Waals surface area contributed by atoms with Crippen molar-refractivity contribution in [3.05, 3.63) is 22.9 Å². The molecule has 3 nitrogen and oxygen atoms in total. The van der Waals surface area contributed by atoms with Crippen molar-refractivity contribution < 1.29 is 13.9 Å². The normalized spacial score (nSPS) is 10.8. The van der Waals surface area contributed by atoms with Crippen molar-refractivity contribution in [3.63, 3.8) is 0 Å². The Bertz CT molecular complexity index is 315. The number of nitrogens with two attached hydrogens (primary N) is 1. The van der Waals surface area contributed by atoms with Gasteiger partial charge in [0.25, 0.3) is 6.43 Å². The van der Waals surface area contributed by atoms with E-state index in [1.807, 2.05) is 0 Å². The SMILES string of the molecule is Cc1nc(N)c(CO)cc1C(F)F. The van der Waals surface area contributed by atoms with E-state index in [0.717, 1.165) is 0 Å². The Kier molecular flexibility index (Phi) is 2.77. The van der Waals surface area contributed by atoms with Gasteiger partial charge in [-0.15, -0.1) is 0 Å². The van der Waals surface area contributed by atoms with Gasteiger partial charge < -0.3 is 10.8 Å². The molecule has 0 aliphatic heterocycles. The maximum absolute atomic E-state index is 12.3. The molecule has 0 saturated heterocycles. The zero-order chi connectivity index (χ0) is 10.0. The summed E-state index contributed by atoms with van der Waals surface area (Å²) in [5.41, 5.74) is 5.64. The summed E-state index contributed by atoms with van der Waals surface area (Å²) in [6.07, 6.45) is -2.58. The molecule has 1 heterocycles. The zero-order valence-corrected chi connectivity index (χ0v) is 7.09. The summed E-state index contributed by atoms with van der Waals surface area (Å²) in [5, 5.41) is 8.75. The Hall–Kier alpha value is -1.23. The van der Waals surface area contributed by atoms with Gasteiger partial charge in [-0.3, -0.25) is 0 Å². The van der Waals surface area contributed by atoms with Crippen LogP contribution in [-0.4, -0.2) is 10.1 Å². The molecule has 72 valence electrons. The van der Waals surface area contributed by atoms with Gasteiger partial charge in [-0.1, -0.05) is 0 Å². The van der Waals surface area contributed by atoms with Crippen LogP contribution in [0.5, 0.6) is 0 Å². The second-order valence-electron chi connectivity index (χ2n) is 2.67. The number of nitrogen functional groups attached to an aromatic ring is 1. The minimum absolute atomic E-state index is 0.101.